The molecule has 1 aromatic rings. The molecule has 0 saturated carbocycles. The molecule has 0 spiro atoms. The number of hydrogen-bond acceptors (Lipinski definition) is 4. The molecule has 2 unspecified atom stereocenters. The van der Waals surface area contributed by atoms with Crippen LogP contribution in [0.5, 0.6) is 0 Å². The molecule has 4 nitrogen and oxygen atoms in total. The van der Waals surface area contributed by atoms with E-state index in [2.05, 4.69) is 4.98 Å². The minimum atomic E-state index is -1.50. The highest BCUT2D eigenvalue weighted by Crippen LogP contribution is 2.33. The molecule has 19 heavy (non-hydrogen) atoms. The van der Waals surface area contributed by atoms with Crippen molar-refractivity contribution in [3.63, 3.8) is 0 Å². The first kappa shape index (κ1) is 15.6. The Morgan fingerprint density at radius 3 is 2.79 bits per heavy atom. The quantitative estimate of drug-likeness (QED) is 0.806. The van der Waals surface area contributed by atoms with Crippen LogP contribution in [0, 0.1) is 11.7 Å². The lowest BCUT2D eigenvalue weighted by atomic mass is 9.80. The summed E-state index contributed by atoms with van der Waals surface area (Å²) in [6.45, 7) is 3.48. The average Bonchev–Trinajstić information content (AvgIpc) is 2.38. The minimum Gasteiger partial charge on any atom is -0.469 e. The van der Waals surface area contributed by atoms with E-state index in [1.807, 2.05) is 6.92 Å². The van der Waals surface area contributed by atoms with Gasteiger partial charge in [-0.25, -0.2) is 4.39 Å². The van der Waals surface area contributed by atoms with E-state index < -0.39 is 23.3 Å². The summed E-state index contributed by atoms with van der Waals surface area (Å²) in [5, 5.41) is 10.6. The molecule has 0 aliphatic heterocycles. The van der Waals surface area contributed by atoms with Crippen molar-refractivity contribution in [1.29, 1.82) is 0 Å². The number of methoxy groups -OCH3 is 1. The molecule has 1 rings (SSSR count). The number of ether oxygens (including phenoxy) is 1. The zero-order chi connectivity index (χ0) is 14.5. The van der Waals surface area contributed by atoms with Gasteiger partial charge in [0.25, 0.3) is 0 Å². The first-order chi connectivity index (χ1) is 8.93. The topological polar surface area (TPSA) is 59.4 Å². The Bertz CT molecular complexity index is 434. The van der Waals surface area contributed by atoms with Gasteiger partial charge in [0.2, 0.25) is 0 Å². The van der Waals surface area contributed by atoms with Crippen LogP contribution in [0.3, 0.4) is 0 Å². The standard InChI is InChI=1S/C14H20FNO3/c1-4-5-6-12(13(17)19-3)14(2,18)10-7-11(15)9-16-8-10/h7-9,12,18H,4-6H2,1-3H3. The van der Waals surface area contributed by atoms with Crippen molar-refractivity contribution in [3.05, 3.63) is 29.8 Å². The number of esters is 1. The second-order valence-corrected chi connectivity index (χ2v) is 4.76. The van der Waals surface area contributed by atoms with Gasteiger partial charge in [-0.1, -0.05) is 19.8 Å². The number of aromatic nitrogens is 1. The second kappa shape index (κ2) is 6.61. The van der Waals surface area contributed by atoms with Gasteiger partial charge < -0.3 is 9.84 Å². The van der Waals surface area contributed by atoms with Gasteiger partial charge in [0, 0.05) is 11.8 Å². The van der Waals surface area contributed by atoms with Crippen LogP contribution in [0.25, 0.3) is 0 Å². The lowest BCUT2D eigenvalue weighted by Crippen LogP contribution is -2.38. The number of carbonyl (C=O) groups is 1. The largest absolute Gasteiger partial charge is 0.469 e. The highest BCUT2D eigenvalue weighted by molar-refractivity contribution is 5.74. The monoisotopic (exact) mass is 269 g/mol. The third-order valence-corrected chi connectivity index (χ3v) is 3.30. The highest BCUT2D eigenvalue weighted by atomic mass is 19.1. The van der Waals surface area contributed by atoms with E-state index in [1.54, 1.807) is 0 Å². The third-order valence-electron chi connectivity index (χ3n) is 3.30. The zero-order valence-electron chi connectivity index (χ0n) is 11.5. The highest BCUT2D eigenvalue weighted by Gasteiger charge is 2.39. The minimum absolute atomic E-state index is 0.277. The maximum absolute atomic E-state index is 13.2. The van der Waals surface area contributed by atoms with Gasteiger partial charge in [-0.2, -0.15) is 0 Å². The summed E-state index contributed by atoms with van der Waals surface area (Å²) in [5.74, 6) is -1.78. The summed E-state index contributed by atoms with van der Waals surface area (Å²) in [6, 6.07) is 1.19. The van der Waals surface area contributed by atoms with E-state index in [9.17, 15) is 14.3 Å². The molecule has 0 aliphatic carbocycles. The Labute approximate surface area is 112 Å². The van der Waals surface area contributed by atoms with Crippen molar-refractivity contribution in [2.45, 2.75) is 38.7 Å². The van der Waals surface area contributed by atoms with Gasteiger partial charge in [0.05, 0.1) is 19.2 Å². The summed E-state index contributed by atoms with van der Waals surface area (Å²) in [6.07, 6.45) is 4.57. The van der Waals surface area contributed by atoms with Gasteiger partial charge in [-0.15, -0.1) is 0 Å². The molecule has 0 aliphatic rings. The first-order valence-corrected chi connectivity index (χ1v) is 6.34. The number of carbonyl (C=O) groups excluding carboxylic acids is 1. The molecule has 0 fully saturated rings. The van der Waals surface area contributed by atoms with Crippen LogP contribution in [0.4, 0.5) is 4.39 Å². The van der Waals surface area contributed by atoms with Crippen LogP contribution in [-0.2, 0) is 15.1 Å². The van der Waals surface area contributed by atoms with E-state index in [0.29, 0.717) is 6.42 Å². The fraction of sp³-hybridized carbons (Fsp3) is 0.571. The molecule has 0 radical (unpaired) electrons. The smallest absolute Gasteiger partial charge is 0.311 e. The van der Waals surface area contributed by atoms with Crippen molar-refractivity contribution in [2.24, 2.45) is 5.92 Å². The van der Waals surface area contributed by atoms with Crippen molar-refractivity contribution >= 4 is 5.97 Å². The fourth-order valence-corrected chi connectivity index (χ4v) is 2.07. The molecule has 5 heteroatoms. The van der Waals surface area contributed by atoms with Crippen LogP contribution in [0.1, 0.15) is 38.7 Å². The van der Waals surface area contributed by atoms with E-state index in [4.69, 9.17) is 4.74 Å². The fourth-order valence-electron chi connectivity index (χ4n) is 2.07. The number of aliphatic hydroxyl groups is 1. The maximum atomic E-state index is 13.2. The van der Waals surface area contributed by atoms with Crippen LogP contribution in [0.2, 0.25) is 0 Å². The van der Waals surface area contributed by atoms with Gasteiger partial charge in [0.15, 0.2) is 0 Å². The predicted molar refractivity (Wildman–Crippen MR) is 68.8 cm³/mol. The Hall–Kier alpha value is -1.49. The van der Waals surface area contributed by atoms with Crippen molar-refractivity contribution in [1.82, 2.24) is 4.98 Å². The molecule has 1 aromatic heterocycles. The van der Waals surface area contributed by atoms with Crippen molar-refractivity contribution in [2.75, 3.05) is 7.11 Å². The van der Waals surface area contributed by atoms with E-state index in [1.165, 1.54) is 26.3 Å². The molecular formula is C14H20FNO3. The molecule has 0 bridgehead atoms. The van der Waals surface area contributed by atoms with Gasteiger partial charge in [-0.3, -0.25) is 9.78 Å². The number of halogens is 1. The molecular weight excluding hydrogens is 249 g/mol. The SMILES string of the molecule is CCCCC(C(=O)OC)C(C)(O)c1cncc(F)c1. The Morgan fingerprint density at radius 2 is 2.26 bits per heavy atom. The van der Waals surface area contributed by atoms with Crippen molar-refractivity contribution in [3.8, 4) is 0 Å². The number of hydrogen-bond donors (Lipinski definition) is 1. The average molecular weight is 269 g/mol. The van der Waals surface area contributed by atoms with E-state index >= 15 is 0 Å². The van der Waals surface area contributed by atoms with Crippen LogP contribution < -0.4 is 0 Å². The van der Waals surface area contributed by atoms with Crippen LogP contribution in [-0.4, -0.2) is 23.2 Å². The third kappa shape index (κ3) is 3.73. The summed E-state index contributed by atoms with van der Waals surface area (Å²) in [5.41, 5.74) is -1.23. The summed E-state index contributed by atoms with van der Waals surface area (Å²) >= 11 is 0. The Morgan fingerprint density at radius 1 is 1.58 bits per heavy atom. The normalized spacial score (nSPS) is 15.6. The lowest BCUT2D eigenvalue weighted by molar-refractivity contribution is -0.156. The molecule has 0 aromatic carbocycles. The maximum Gasteiger partial charge on any atom is 0.311 e. The molecule has 1 N–H and O–H groups in total. The Balaban J connectivity index is 3.07. The zero-order valence-corrected chi connectivity index (χ0v) is 11.5. The van der Waals surface area contributed by atoms with Crippen LogP contribution in [0.15, 0.2) is 18.5 Å². The Kier molecular flexibility index (Phi) is 5.42. The number of nitrogens with zero attached hydrogens (tertiary/aromatic N) is 1. The molecule has 0 amide bonds. The molecule has 1 heterocycles. The summed E-state index contributed by atoms with van der Waals surface area (Å²) in [7, 11) is 1.28. The van der Waals surface area contributed by atoms with Crippen molar-refractivity contribution < 1.29 is 19.0 Å². The van der Waals surface area contributed by atoms with E-state index in [0.717, 1.165) is 19.0 Å². The lowest BCUT2D eigenvalue weighted by Gasteiger charge is -2.31. The van der Waals surface area contributed by atoms with Gasteiger partial charge in [-0.05, 0) is 19.4 Å². The second-order valence-electron chi connectivity index (χ2n) is 4.76. The van der Waals surface area contributed by atoms with E-state index in [-0.39, 0.29) is 5.56 Å². The number of rotatable bonds is 6. The number of pyridine rings is 1. The number of unbranched alkanes of at least 4 members (excludes halogenated alkanes) is 1. The summed E-state index contributed by atoms with van der Waals surface area (Å²) < 4.78 is 17.9. The summed E-state index contributed by atoms with van der Waals surface area (Å²) in [4.78, 5) is 15.5. The predicted octanol–water partition coefficient (Wildman–Crippen LogP) is 2.41. The van der Waals surface area contributed by atoms with Gasteiger partial charge >= 0.3 is 5.97 Å². The first-order valence-electron chi connectivity index (χ1n) is 6.34. The van der Waals surface area contributed by atoms with Gasteiger partial charge in [0.1, 0.15) is 11.4 Å². The van der Waals surface area contributed by atoms with Crippen LogP contribution >= 0.6 is 0 Å². The molecule has 0 saturated heterocycles. The molecule has 2 atom stereocenters. The molecule has 106 valence electrons.